The van der Waals surface area contributed by atoms with E-state index in [4.69, 9.17) is 19.4 Å². The Morgan fingerprint density at radius 2 is 1.71 bits per heavy atom. The number of methoxy groups -OCH3 is 2. The van der Waals surface area contributed by atoms with Gasteiger partial charge in [-0.25, -0.2) is 9.59 Å². The lowest BCUT2D eigenvalue weighted by molar-refractivity contribution is -0.192. The Hall–Kier alpha value is -2.99. The van der Waals surface area contributed by atoms with Gasteiger partial charge < -0.3 is 30.1 Å². The molecule has 0 spiro atoms. The highest BCUT2D eigenvalue weighted by molar-refractivity contribution is 9.10. The minimum atomic E-state index is -5.08. The number of nitrogens with one attached hydrogen (secondary N) is 2. The number of halogens is 4. The van der Waals surface area contributed by atoms with E-state index in [9.17, 15) is 18.0 Å². The fraction of sp³-hybridized carbons (Fsp3) is 0.462. The summed E-state index contributed by atoms with van der Waals surface area (Å²) in [5, 5.41) is 13.3. The molecule has 0 radical (unpaired) electrons. The average molecular weight is 602 g/mol. The van der Waals surface area contributed by atoms with Crippen LogP contribution in [0.2, 0.25) is 0 Å². The van der Waals surface area contributed by atoms with Crippen molar-refractivity contribution in [3.63, 3.8) is 0 Å². The molecule has 2 aromatic rings. The average Bonchev–Trinajstić information content (AvgIpc) is 3.21. The number of carbonyl (C=O) groups excluding carboxylic acids is 1. The molecule has 1 saturated carbocycles. The molecule has 8 nitrogen and oxygen atoms in total. The first kappa shape index (κ1) is 29.6. The van der Waals surface area contributed by atoms with Crippen molar-refractivity contribution >= 4 is 33.6 Å². The van der Waals surface area contributed by atoms with Gasteiger partial charge in [-0.1, -0.05) is 22.0 Å². The van der Waals surface area contributed by atoms with Crippen molar-refractivity contribution in [1.82, 2.24) is 10.2 Å². The zero-order valence-corrected chi connectivity index (χ0v) is 22.9. The number of nitrogens with zero attached hydrogens (tertiary/aromatic N) is 1. The summed E-state index contributed by atoms with van der Waals surface area (Å²) < 4.78 is 43.7. The largest absolute Gasteiger partial charge is 0.493 e. The molecule has 2 aromatic carbocycles. The van der Waals surface area contributed by atoms with Crippen LogP contribution in [0.4, 0.5) is 23.7 Å². The Kier molecular flexibility index (Phi) is 9.53. The molecule has 0 unspecified atom stereocenters. The molecule has 3 atom stereocenters. The number of rotatable bonds is 5. The number of fused-ring (bicyclic) bond motifs is 1. The maximum absolute atomic E-state index is 12.6. The van der Waals surface area contributed by atoms with Crippen molar-refractivity contribution in [3.8, 4) is 11.5 Å². The number of likely N-dealkylation sites (tertiary alicyclic amines) is 1. The standard InChI is InChI=1S/C24H30BrN3O3.C2HF3O2/c1-28-13-12-24(16-4-9-20(30-2)21(14-16)31-3)11-10-19(15-22(24)28)27-23(29)26-18-7-5-17(25)6-8-18;3-2(4,5)1(6)7/h4-9,14,19,22H,10-13,15H2,1-3H3,(H2,26,27,29);(H,6,7)/t19-,22+,24+;/m0./s1. The van der Waals surface area contributed by atoms with Gasteiger partial charge in [0.05, 0.1) is 14.2 Å². The molecule has 1 heterocycles. The maximum atomic E-state index is 12.6. The second-order valence-corrected chi connectivity index (χ2v) is 10.3. The number of likely N-dealkylation sites (N-methyl/N-ethyl adjacent to an activating group) is 1. The number of carboxylic acids is 1. The number of anilines is 1. The number of aliphatic carboxylic acids is 1. The molecular weight excluding hydrogens is 571 g/mol. The Balaban J connectivity index is 0.000000505. The summed E-state index contributed by atoms with van der Waals surface area (Å²) in [5.74, 6) is -1.23. The highest BCUT2D eigenvalue weighted by Crippen LogP contribution is 2.49. The topological polar surface area (TPSA) is 100 Å². The van der Waals surface area contributed by atoms with E-state index in [0.29, 0.717) is 6.04 Å². The van der Waals surface area contributed by atoms with Gasteiger partial charge in [0.2, 0.25) is 0 Å². The normalized spacial score (nSPS) is 22.9. The van der Waals surface area contributed by atoms with Gasteiger partial charge in [-0.15, -0.1) is 0 Å². The van der Waals surface area contributed by atoms with Gasteiger partial charge in [-0.05, 0) is 81.2 Å². The fourth-order valence-electron chi connectivity index (χ4n) is 5.28. The maximum Gasteiger partial charge on any atom is 0.490 e. The van der Waals surface area contributed by atoms with E-state index < -0.39 is 12.1 Å². The molecular formula is C26H31BrF3N3O5. The first-order valence-electron chi connectivity index (χ1n) is 12.0. The molecule has 3 N–H and O–H groups in total. The second-order valence-electron chi connectivity index (χ2n) is 9.35. The van der Waals surface area contributed by atoms with Crippen LogP contribution in [0.5, 0.6) is 11.5 Å². The fourth-order valence-corrected chi connectivity index (χ4v) is 5.54. The molecule has 2 aliphatic rings. The molecule has 1 aliphatic heterocycles. The molecule has 1 aliphatic carbocycles. The van der Waals surface area contributed by atoms with Crippen LogP contribution in [0.1, 0.15) is 31.2 Å². The Labute approximate surface area is 227 Å². The molecule has 2 fully saturated rings. The summed E-state index contributed by atoms with van der Waals surface area (Å²) in [6.07, 6.45) is -1.06. The predicted molar refractivity (Wildman–Crippen MR) is 140 cm³/mol. The van der Waals surface area contributed by atoms with Gasteiger partial charge in [0, 0.05) is 27.7 Å². The number of ether oxygens (including phenoxy) is 2. The highest BCUT2D eigenvalue weighted by Gasteiger charge is 2.50. The van der Waals surface area contributed by atoms with Crippen LogP contribution >= 0.6 is 15.9 Å². The van der Waals surface area contributed by atoms with Crippen molar-refractivity contribution in [2.75, 3.05) is 33.1 Å². The van der Waals surface area contributed by atoms with Gasteiger partial charge in [-0.2, -0.15) is 13.2 Å². The summed E-state index contributed by atoms with van der Waals surface area (Å²) in [5.41, 5.74) is 2.17. The number of hydrogen-bond donors (Lipinski definition) is 3. The molecule has 1 saturated heterocycles. The molecule has 38 heavy (non-hydrogen) atoms. The van der Waals surface area contributed by atoms with E-state index in [0.717, 1.165) is 53.9 Å². The van der Waals surface area contributed by atoms with Crippen LogP contribution in [0, 0.1) is 0 Å². The van der Waals surface area contributed by atoms with Gasteiger partial charge >= 0.3 is 18.2 Å². The lowest BCUT2D eigenvalue weighted by Gasteiger charge is -2.45. The Bertz CT molecular complexity index is 1130. The lowest BCUT2D eigenvalue weighted by Crippen LogP contribution is -2.52. The van der Waals surface area contributed by atoms with Crippen LogP contribution < -0.4 is 20.1 Å². The van der Waals surface area contributed by atoms with Crippen molar-refractivity contribution in [3.05, 3.63) is 52.5 Å². The van der Waals surface area contributed by atoms with Gasteiger partial charge in [0.15, 0.2) is 11.5 Å². The summed E-state index contributed by atoms with van der Waals surface area (Å²) >= 11 is 3.42. The quantitative estimate of drug-likeness (QED) is 0.423. The molecule has 208 valence electrons. The monoisotopic (exact) mass is 601 g/mol. The third kappa shape index (κ3) is 6.90. The summed E-state index contributed by atoms with van der Waals surface area (Å²) in [4.78, 5) is 23.9. The second kappa shape index (κ2) is 12.2. The zero-order chi connectivity index (χ0) is 28.1. The van der Waals surface area contributed by atoms with Crippen molar-refractivity contribution in [2.24, 2.45) is 0 Å². The number of benzene rings is 2. The van der Waals surface area contributed by atoms with Crippen LogP contribution in [0.15, 0.2) is 46.9 Å². The number of hydrogen-bond acceptors (Lipinski definition) is 5. The third-order valence-electron chi connectivity index (χ3n) is 7.17. The summed E-state index contributed by atoms with van der Waals surface area (Å²) in [6, 6.07) is 14.3. The smallest absolute Gasteiger partial charge is 0.490 e. The van der Waals surface area contributed by atoms with Crippen LogP contribution in [0.25, 0.3) is 0 Å². The minimum Gasteiger partial charge on any atom is -0.493 e. The molecule has 0 aromatic heterocycles. The highest BCUT2D eigenvalue weighted by atomic mass is 79.9. The molecule has 2 amide bonds. The van der Waals surface area contributed by atoms with Crippen LogP contribution in [0.3, 0.4) is 0 Å². The van der Waals surface area contributed by atoms with E-state index in [2.05, 4.69) is 50.6 Å². The molecule has 12 heteroatoms. The third-order valence-corrected chi connectivity index (χ3v) is 7.69. The number of carboxylic acid groups (broad SMARTS) is 1. The SMILES string of the molecule is COc1ccc([C@]23CC[C@H](NC(=O)Nc4ccc(Br)cc4)C[C@H]2N(C)CC3)cc1OC.O=C(O)C(F)(F)F. The predicted octanol–water partition coefficient (Wildman–Crippen LogP) is 5.42. The summed E-state index contributed by atoms with van der Waals surface area (Å²) in [6.45, 7) is 1.05. The van der Waals surface area contributed by atoms with Crippen molar-refractivity contribution in [1.29, 1.82) is 0 Å². The number of carbonyl (C=O) groups is 2. The van der Waals surface area contributed by atoms with Gasteiger partial charge in [-0.3, -0.25) is 0 Å². The Morgan fingerprint density at radius 1 is 1.08 bits per heavy atom. The van der Waals surface area contributed by atoms with E-state index in [1.807, 2.05) is 30.3 Å². The lowest BCUT2D eigenvalue weighted by atomic mass is 9.65. The van der Waals surface area contributed by atoms with Crippen molar-refractivity contribution in [2.45, 2.75) is 49.4 Å². The van der Waals surface area contributed by atoms with E-state index in [1.165, 1.54) is 5.56 Å². The van der Waals surface area contributed by atoms with Crippen LogP contribution in [-0.4, -0.2) is 68.1 Å². The first-order chi connectivity index (χ1) is 17.9. The van der Waals surface area contributed by atoms with Crippen molar-refractivity contribution < 1.29 is 37.3 Å². The van der Waals surface area contributed by atoms with Crippen LogP contribution in [-0.2, 0) is 10.2 Å². The zero-order valence-electron chi connectivity index (χ0n) is 21.3. The first-order valence-corrected chi connectivity index (χ1v) is 12.7. The number of alkyl halides is 3. The molecule has 4 rings (SSSR count). The summed E-state index contributed by atoms with van der Waals surface area (Å²) in [7, 11) is 5.54. The van der Waals surface area contributed by atoms with E-state index in [-0.39, 0.29) is 17.5 Å². The Morgan fingerprint density at radius 3 is 2.29 bits per heavy atom. The minimum absolute atomic E-state index is 0.0780. The van der Waals surface area contributed by atoms with Gasteiger partial charge in [0.1, 0.15) is 0 Å². The number of amides is 2. The number of urea groups is 1. The molecule has 0 bridgehead atoms. The van der Waals surface area contributed by atoms with E-state index in [1.54, 1.807) is 14.2 Å². The van der Waals surface area contributed by atoms with E-state index >= 15 is 0 Å². The van der Waals surface area contributed by atoms with Gasteiger partial charge in [0.25, 0.3) is 0 Å².